The lowest BCUT2D eigenvalue weighted by molar-refractivity contribution is 0.338. The smallest absolute Gasteiger partial charge is 0.176 e. The number of halogens is 1. The maximum Gasteiger partial charge on any atom is 0.176 e. The summed E-state index contributed by atoms with van der Waals surface area (Å²) in [7, 11) is 4.17. The first-order valence-electron chi connectivity index (χ1n) is 5.33. The molecule has 0 radical (unpaired) electrons. The predicted octanol–water partition coefficient (Wildman–Crippen LogP) is 2.09. The number of ether oxygens (including phenoxy) is 3. The van der Waals surface area contributed by atoms with Crippen molar-refractivity contribution in [2.75, 3.05) is 27.1 Å². The summed E-state index contributed by atoms with van der Waals surface area (Å²) in [5.41, 5.74) is 5.75. The summed E-state index contributed by atoms with van der Waals surface area (Å²) in [6, 6.07) is 2.61. The van der Waals surface area contributed by atoms with Gasteiger partial charge in [-0.3, -0.25) is 0 Å². The Morgan fingerprint density at radius 3 is 2.26 bits per heavy atom. The average Bonchev–Trinajstić information content (AvgIpc) is 2.83. The van der Waals surface area contributed by atoms with Crippen LogP contribution < -0.4 is 19.9 Å². The van der Waals surface area contributed by atoms with Crippen molar-refractivity contribution in [3.05, 3.63) is 17.9 Å². The molecule has 0 aliphatic carbocycles. The molecule has 0 aliphatic heterocycles. The Balaban J connectivity index is 2.77. The third kappa shape index (κ3) is 2.14. The molecule has 2 aromatic rings. The number of benzene rings is 1. The number of nitrogen functional groups attached to an aromatic ring is 1. The van der Waals surface area contributed by atoms with Crippen molar-refractivity contribution < 1.29 is 23.1 Å². The quantitative estimate of drug-likeness (QED) is 0.914. The third-order valence-corrected chi connectivity index (χ3v) is 2.56. The highest BCUT2D eigenvalue weighted by molar-refractivity contribution is 5.78. The van der Waals surface area contributed by atoms with E-state index in [4.69, 9.17) is 24.5 Å². The van der Waals surface area contributed by atoms with Gasteiger partial charge < -0.3 is 24.5 Å². The molecule has 0 unspecified atom stereocenters. The first-order valence-corrected chi connectivity index (χ1v) is 5.33. The summed E-state index contributed by atoms with van der Waals surface area (Å²) >= 11 is 0. The SMILES string of the molecule is COc1cc(F)c(OC)c(-c2cc(N)no2)c1OC. The third-order valence-electron chi connectivity index (χ3n) is 2.56. The van der Waals surface area contributed by atoms with Gasteiger partial charge in [-0.05, 0) is 0 Å². The topological polar surface area (TPSA) is 79.7 Å². The van der Waals surface area contributed by atoms with Crippen molar-refractivity contribution in [1.82, 2.24) is 5.16 Å². The number of anilines is 1. The zero-order valence-electron chi connectivity index (χ0n) is 10.7. The number of hydrogen-bond donors (Lipinski definition) is 1. The monoisotopic (exact) mass is 268 g/mol. The van der Waals surface area contributed by atoms with Crippen LogP contribution in [0.4, 0.5) is 10.2 Å². The maximum atomic E-state index is 14.0. The molecule has 6 nitrogen and oxygen atoms in total. The molecular weight excluding hydrogens is 255 g/mol. The van der Waals surface area contributed by atoms with E-state index in [1.54, 1.807) is 0 Å². The Morgan fingerprint density at radius 2 is 1.79 bits per heavy atom. The Hall–Kier alpha value is -2.44. The lowest BCUT2D eigenvalue weighted by Gasteiger charge is -2.15. The molecule has 0 aliphatic rings. The van der Waals surface area contributed by atoms with Gasteiger partial charge in [-0.2, -0.15) is 0 Å². The van der Waals surface area contributed by atoms with Gasteiger partial charge in [0.05, 0.1) is 21.3 Å². The zero-order valence-corrected chi connectivity index (χ0v) is 10.7. The van der Waals surface area contributed by atoms with Crippen LogP contribution in [0.5, 0.6) is 17.2 Å². The highest BCUT2D eigenvalue weighted by atomic mass is 19.1. The van der Waals surface area contributed by atoms with E-state index in [2.05, 4.69) is 5.16 Å². The molecule has 0 saturated heterocycles. The highest BCUT2D eigenvalue weighted by Gasteiger charge is 2.25. The first-order chi connectivity index (χ1) is 9.12. The minimum absolute atomic E-state index is 0.0335. The molecule has 1 aromatic heterocycles. The molecule has 0 fully saturated rings. The van der Waals surface area contributed by atoms with Crippen LogP contribution in [0.15, 0.2) is 16.7 Å². The van der Waals surface area contributed by atoms with Gasteiger partial charge >= 0.3 is 0 Å². The summed E-state index contributed by atoms with van der Waals surface area (Å²) < 4.78 is 34.3. The molecule has 1 aromatic carbocycles. The van der Waals surface area contributed by atoms with Crippen LogP contribution in [0.25, 0.3) is 11.3 Å². The van der Waals surface area contributed by atoms with Gasteiger partial charge in [0.25, 0.3) is 0 Å². The zero-order chi connectivity index (χ0) is 14.0. The van der Waals surface area contributed by atoms with Gasteiger partial charge in [0.2, 0.25) is 0 Å². The van der Waals surface area contributed by atoms with E-state index in [1.165, 1.54) is 33.5 Å². The number of nitrogens with zero attached hydrogens (tertiary/aromatic N) is 1. The Kier molecular flexibility index (Phi) is 3.46. The fourth-order valence-corrected chi connectivity index (χ4v) is 1.78. The van der Waals surface area contributed by atoms with Gasteiger partial charge in [0, 0.05) is 12.1 Å². The van der Waals surface area contributed by atoms with Gasteiger partial charge in [-0.25, -0.2) is 4.39 Å². The highest BCUT2D eigenvalue weighted by Crippen LogP contribution is 2.46. The van der Waals surface area contributed by atoms with E-state index in [1.807, 2.05) is 0 Å². The van der Waals surface area contributed by atoms with Crippen molar-refractivity contribution in [1.29, 1.82) is 0 Å². The van der Waals surface area contributed by atoms with E-state index in [0.29, 0.717) is 0 Å². The van der Waals surface area contributed by atoms with E-state index < -0.39 is 5.82 Å². The summed E-state index contributed by atoms with van der Waals surface area (Å²) in [6.45, 7) is 0. The fourth-order valence-electron chi connectivity index (χ4n) is 1.78. The lowest BCUT2D eigenvalue weighted by atomic mass is 10.1. The van der Waals surface area contributed by atoms with Crippen molar-refractivity contribution in [3.63, 3.8) is 0 Å². The van der Waals surface area contributed by atoms with Crippen LogP contribution in [-0.4, -0.2) is 26.5 Å². The van der Waals surface area contributed by atoms with Crippen molar-refractivity contribution >= 4 is 5.82 Å². The molecule has 1 heterocycles. The molecule has 2 rings (SSSR count). The lowest BCUT2D eigenvalue weighted by Crippen LogP contribution is -1.99. The standard InChI is InChI=1S/C12H13FN2O4/c1-16-8-4-6(13)11(17-2)10(12(8)18-3)7-5-9(14)15-19-7/h4-5H,1-3H3,(H2,14,15). The molecule has 2 N–H and O–H groups in total. The number of aromatic nitrogens is 1. The van der Waals surface area contributed by atoms with Gasteiger partial charge in [-0.1, -0.05) is 5.16 Å². The summed E-state index contributed by atoms with van der Waals surface area (Å²) in [5.74, 6) is 0.243. The molecule has 0 saturated carbocycles. The van der Waals surface area contributed by atoms with Gasteiger partial charge in [0.15, 0.2) is 34.6 Å². The minimum Gasteiger partial charge on any atom is -0.493 e. The molecule has 102 valence electrons. The fraction of sp³-hybridized carbons (Fsp3) is 0.250. The molecule has 19 heavy (non-hydrogen) atoms. The Morgan fingerprint density at radius 1 is 1.11 bits per heavy atom. The van der Waals surface area contributed by atoms with Crippen LogP contribution in [-0.2, 0) is 0 Å². The molecule has 0 amide bonds. The van der Waals surface area contributed by atoms with Crippen LogP contribution >= 0.6 is 0 Å². The number of methoxy groups -OCH3 is 3. The number of nitrogens with two attached hydrogens (primary N) is 1. The average molecular weight is 268 g/mol. The molecule has 0 bridgehead atoms. The number of rotatable bonds is 4. The number of hydrogen-bond acceptors (Lipinski definition) is 6. The second-order valence-corrected chi connectivity index (χ2v) is 3.62. The Bertz CT molecular complexity index is 598. The largest absolute Gasteiger partial charge is 0.493 e. The van der Waals surface area contributed by atoms with Gasteiger partial charge in [0.1, 0.15) is 5.56 Å². The van der Waals surface area contributed by atoms with E-state index in [0.717, 1.165) is 0 Å². The van der Waals surface area contributed by atoms with Gasteiger partial charge in [-0.15, -0.1) is 0 Å². The molecule has 7 heteroatoms. The van der Waals surface area contributed by atoms with E-state index in [-0.39, 0.29) is 34.4 Å². The summed E-state index contributed by atoms with van der Waals surface area (Å²) in [6.07, 6.45) is 0. The van der Waals surface area contributed by atoms with Crippen molar-refractivity contribution in [2.24, 2.45) is 0 Å². The van der Waals surface area contributed by atoms with E-state index >= 15 is 0 Å². The molecule has 0 spiro atoms. The first kappa shape index (κ1) is 13.0. The molecule has 0 atom stereocenters. The van der Waals surface area contributed by atoms with Crippen LogP contribution in [0.3, 0.4) is 0 Å². The second kappa shape index (κ2) is 5.05. The van der Waals surface area contributed by atoms with Crippen LogP contribution in [0.2, 0.25) is 0 Å². The Labute approximate surface area is 108 Å². The van der Waals surface area contributed by atoms with Crippen molar-refractivity contribution in [3.8, 4) is 28.6 Å². The van der Waals surface area contributed by atoms with Crippen LogP contribution in [0.1, 0.15) is 0 Å². The summed E-state index contributed by atoms with van der Waals surface area (Å²) in [4.78, 5) is 0. The predicted molar refractivity (Wildman–Crippen MR) is 66.0 cm³/mol. The molecular formula is C12H13FN2O4. The maximum absolute atomic E-state index is 14.0. The van der Waals surface area contributed by atoms with Crippen molar-refractivity contribution in [2.45, 2.75) is 0 Å². The minimum atomic E-state index is -0.606. The summed E-state index contributed by atoms with van der Waals surface area (Å²) in [5, 5.41) is 3.56. The second-order valence-electron chi connectivity index (χ2n) is 3.62. The normalized spacial score (nSPS) is 10.3. The van der Waals surface area contributed by atoms with Crippen LogP contribution in [0, 0.1) is 5.82 Å². The van der Waals surface area contributed by atoms with E-state index in [9.17, 15) is 4.39 Å².